The molecular weight excluding hydrogens is 378 g/mol. The van der Waals surface area contributed by atoms with Crippen LogP contribution >= 0.6 is 0 Å². The van der Waals surface area contributed by atoms with Crippen molar-refractivity contribution in [2.75, 3.05) is 46.8 Å². The van der Waals surface area contributed by atoms with E-state index in [2.05, 4.69) is 0 Å². The van der Waals surface area contributed by atoms with Gasteiger partial charge in [-0.1, -0.05) is 30.3 Å². The fourth-order valence-electron chi connectivity index (χ4n) is 3.61. The van der Waals surface area contributed by atoms with E-state index in [1.54, 1.807) is 40.1 Å². The third kappa shape index (κ3) is 4.76. The molecule has 0 saturated carbocycles. The fraction of sp³-hybridized carbons (Fsp3) is 0.375. The maximum Gasteiger partial charge on any atom is 0.254 e. The average molecular weight is 408 g/mol. The van der Waals surface area contributed by atoms with Crippen molar-refractivity contribution in [3.8, 4) is 0 Å². The zero-order valence-corrected chi connectivity index (χ0v) is 18.1. The number of nitrogens with zero attached hydrogens (tertiary/aromatic N) is 3. The van der Waals surface area contributed by atoms with Gasteiger partial charge in [-0.3, -0.25) is 14.4 Å². The van der Waals surface area contributed by atoms with Gasteiger partial charge < -0.3 is 14.7 Å². The molecule has 1 aliphatic heterocycles. The van der Waals surface area contributed by atoms with Gasteiger partial charge in [0.25, 0.3) is 5.91 Å². The summed E-state index contributed by atoms with van der Waals surface area (Å²) in [5.41, 5.74) is 3.57. The van der Waals surface area contributed by atoms with E-state index in [-0.39, 0.29) is 17.6 Å². The average Bonchev–Trinajstić information content (AvgIpc) is 2.74. The van der Waals surface area contributed by atoms with Crippen molar-refractivity contribution in [1.82, 2.24) is 14.7 Å². The highest BCUT2D eigenvalue weighted by atomic mass is 16.2. The number of hydrogen-bond acceptors (Lipinski definition) is 4. The van der Waals surface area contributed by atoms with Crippen LogP contribution in [-0.2, 0) is 4.79 Å². The molecule has 158 valence electrons. The number of hydrogen-bond donors (Lipinski definition) is 0. The molecule has 0 atom stereocenters. The molecule has 0 aromatic heterocycles. The molecule has 2 amide bonds. The second-order valence-corrected chi connectivity index (χ2v) is 8.08. The SMILES string of the molecule is Cc1ccc(C(=O)c2ccccc2C(=O)N2CCN(C(=O)CN(C)C)CC2)cc1C. The minimum atomic E-state index is -0.164. The molecular formula is C24H29N3O3. The van der Waals surface area contributed by atoms with E-state index < -0.39 is 0 Å². The lowest BCUT2D eigenvalue weighted by Crippen LogP contribution is -2.52. The topological polar surface area (TPSA) is 60.9 Å². The smallest absolute Gasteiger partial charge is 0.254 e. The summed E-state index contributed by atoms with van der Waals surface area (Å²) in [4.78, 5) is 43.9. The van der Waals surface area contributed by atoms with Crippen LogP contribution < -0.4 is 0 Å². The maximum absolute atomic E-state index is 13.2. The zero-order chi connectivity index (χ0) is 21.8. The molecule has 6 heteroatoms. The van der Waals surface area contributed by atoms with E-state index in [0.29, 0.717) is 49.4 Å². The third-order valence-corrected chi connectivity index (χ3v) is 5.54. The van der Waals surface area contributed by atoms with Crippen LogP contribution in [-0.4, -0.2) is 79.1 Å². The number of rotatable bonds is 5. The Bertz CT molecular complexity index is 960. The van der Waals surface area contributed by atoms with E-state index in [0.717, 1.165) is 11.1 Å². The van der Waals surface area contributed by atoms with E-state index in [1.165, 1.54) is 0 Å². The summed E-state index contributed by atoms with van der Waals surface area (Å²) in [5, 5.41) is 0. The Balaban J connectivity index is 1.76. The fourth-order valence-corrected chi connectivity index (χ4v) is 3.61. The first-order valence-corrected chi connectivity index (χ1v) is 10.2. The second kappa shape index (κ2) is 9.22. The number of carbonyl (C=O) groups excluding carboxylic acids is 3. The number of ketones is 1. The third-order valence-electron chi connectivity index (χ3n) is 5.54. The summed E-state index contributed by atoms with van der Waals surface area (Å²) >= 11 is 0. The maximum atomic E-state index is 13.2. The molecule has 1 aliphatic rings. The van der Waals surface area contributed by atoms with E-state index >= 15 is 0 Å². The lowest BCUT2D eigenvalue weighted by molar-refractivity contribution is -0.133. The first-order chi connectivity index (χ1) is 14.3. The van der Waals surface area contributed by atoms with E-state index in [1.807, 2.05) is 45.0 Å². The monoisotopic (exact) mass is 407 g/mol. The van der Waals surface area contributed by atoms with E-state index in [4.69, 9.17) is 0 Å². The van der Waals surface area contributed by atoms with Crippen LogP contribution in [0.25, 0.3) is 0 Å². The Labute approximate surface area is 178 Å². The van der Waals surface area contributed by atoms with Gasteiger partial charge in [-0.15, -0.1) is 0 Å². The van der Waals surface area contributed by atoms with Crippen molar-refractivity contribution in [2.24, 2.45) is 0 Å². The van der Waals surface area contributed by atoms with Gasteiger partial charge in [0.05, 0.1) is 12.1 Å². The molecule has 30 heavy (non-hydrogen) atoms. The van der Waals surface area contributed by atoms with Crippen molar-refractivity contribution in [1.29, 1.82) is 0 Å². The predicted octanol–water partition coefficient (Wildman–Crippen LogP) is 2.38. The molecule has 0 N–H and O–H groups in total. The highest BCUT2D eigenvalue weighted by Crippen LogP contribution is 2.19. The molecule has 1 fully saturated rings. The van der Waals surface area contributed by atoms with Crippen molar-refractivity contribution in [3.05, 3.63) is 70.3 Å². The van der Waals surface area contributed by atoms with Gasteiger partial charge in [0.2, 0.25) is 5.91 Å². The van der Waals surface area contributed by atoms with Crippen LogP contribution in [0.3, 0.4) is 0 Å². The van der Waals surface area contributed by atoms with Crippen LogP contribution in [0.2, 0.25) is 0 Å². The molecule has 2 aromatic rings. The van der Waals surface area contributed by atoms with Crippen molar-refractivity contribution < 1.29 is 14.4 Å². The quantitative estimate of drug-likeness (QED) is 0.714. The summed E-state index contributed by atoms with van der Waals surface area (Å²) in [6, 6.07) is 12.6. The molecule has 0 unspecified atom stereocenters. The Morgan fingerprint density at radius 1 is 0.833 bits per heavy atom. The summed E-state index contributed by atoms with van der Waals surface area (Å²) < 4.78 is 0. The molecule has 3 rings (SSSR count). The highest BCUT2D eigenvalue weighted by Gasteiger charge is 2.27. The molecule has 0 radical (unpaired) electrons. The normalized spacial score (nSPS) is 14.2. The molecule has 1 saturated heterocycles. The minimum Gasteiger partial charge on any atom is -0.338 e. The first-order valence-electron chi connectivity index (χ1n) is 10.2. The van der Waals surface area contributed by atoms with Crippen LogP contribution in [0.4, 0.5) is 0 Å². The largest absolute Gasteiger partial charge is 0.338 e. The highest BCUT2D eigenvalue weighted by molar-refractivity contribution is 6.15. The summed E-state index contributed by atoms with van der Waals surface area (Å²) in [7, 11) is 3.72. The van der Waals surface area contributed by atoms with Crippen LogP contribution in [0.1, 0.15) is 37.4 Å². The number of piperazine rings is 1. The number of carbonyl (C=O) groups is 3. The molecule has 0 aliphatic carbocycles. The Morgan fingerprint density at radius 2 is 1.43 bits per heavy atom. The molecule has 2 aromatic carbocycles. The predicted molar refractivity (Wildman–Crippen MR) is 117 cm³/mol. The van der Waals surface area contributed by atoms with Gasteiger partial charge in [0.1, 0.15) is 0 Å². The van der Waals surface area contributed by atoms with Gasteiger partial charge >= 0.3 is 0 Å². The van der Waals surface area contributed by atoms with Crippen LogP contribution in [0.5, 0.6) is 0 Å². The lowest BCUT2D eigenvalue weighted by atomic mass is 9.95. The summed E-state index contributed by atoms with van der Waals surface area (Å²) in [5.74, 6) is -0.248. The van der Waals surface area contributed by atoms with Crippen LogP contribution in [0.15, 0.2) is 42.5 Å². The second-order valence-electron chi connectivity index (χ2n) is 8.08. The number of aryl methyl sites for hydroxylation is 2. The molecule has 1 heterocycles. The Hall–Kier alpha value is -2.99. The van der Waals surface area contributed by atoms with Gasteiger partial charge in [-0.05, 0) is 51.2 Å². The van der Waals surface area contributed by atoms with Gasteiger partial charge in [-0.25, -0.2) is 0 Å². The van der Waals surface area contributed by atoms with Gasteiger partial charge in [0, 0.05) is 37.3 Å². The first kappa shape index (κ1) is 21.7. The molecule has 6 nitrogen and oxygen atoms in total. The van der Waals surface area contributed by atoms with Crippen LogP contribution in [0, 0.1) is 13.8 Å². The van der Waals surface area contributed by atoms with Crippen molar-refractivity contribution >= 4 is 17.6 Å². The minimum absolute atomic E-state index is 0.0671. The van der Waals surface area contributed by atoms with Crippen molar-refractivity contribution in [3.63, 3.8) is 0 Å². The Kier molecular flexibility index (Phi) is 6.67. The standard InChI is InChI=1S/C24H29N3O3/c1-17-9-10-19(15-18(17)2)23(29)20-7-5-6-8-21(20)24(30)27-13-11-26(12-14-27)22(28)16-25(3)4/h5-10,15H,11-14,16H2,1-4H3. The summed E-state index contributed by atoms with van der Waals surface area (Å²) in [6.07, 6.45) is 0. The van der Waals surface area contributed by atoms with Gasteiger partial charge in [-0.2, -0.15) is 0 Å². The molecule has 0 bridgehead atoms. The lowest BCUT2D eigenvalue weighted by Gasteiger charge is -2.35. The zero-order valence-electron chi connectivity index (χ0n) is 18.1. The number of amides is 2. The van der Waals surface area contributed by atoms with E-state index in [9.17, 15) is 14.4 Å². The van der Waals surface area contributed by atoms with Gasteiger partial charge in [0.15, 0.2) is 5.78 Å². The van der Waals surface area contributed by atoms with Crippen molar-refractivity contribution in [2.45, 2.75) is 13.8 Å². The number of benzene rings is 2. The Morgan fingerprint density at radius 3 is 2.03 bits per heavy atom. The number of likely N-dealkylation sites (N-methyl/N-ethyl adjacent to an activating group) is 1. The summed E-state index contributed by atoms with van der Waals surface area (Å²) in [6.45, 7) is 6.27. The molecule has 0 spiro atoms.